The number of aromatic nitrogens is 2. The Bertz CT molecular complexity index is 709. The Labute approximate surface area is 118 Å². The SMILES string of the molecule is O=c1[nH]c(=O)n(C[C@@H](O)c2ccccc2Cl)cc1Cl. The molecule has 1 aromatic heterocycles. The smallest absolute Gasteiger partial charge is 0.328 e. The molecule has 1 aromatic carbocycles. The molecule has 0 spiro atoms. The first-order valence-electron chi connectivity index (χ1n) is 5.41. The molecule has 0 fully saturated rings. The molecule has 0 amide bonds. The molecule has 0 aliphatic heterocycles. The fraction of sp³-hybridized carbons (Fsp3) is 0.167. The van der Waals surface area contributed by atoms with Gasteiger partial charge in [-0.1, -0.05) is 41.4 Å². The molecule has 0 unspecified atom stereocenters. The number of rotatable bonds is 3. The minimum absolute atomic E-state index is 0.0565. The Balaban J connectivity index is 2.32. The number of aromatic amines is 1. The van der Waals surface area contributed by atoms with Crippen molar-refractivity contribution in [1.82, 2.24) is 9.55 Å². The van der Waals surface area contributed by atoms with Crippen molar-refractivity contribution in [1.29, 1.82) is 0 Å². The maximum absolute atomic E-state index is 11.5. The van der Waals surface area contributed by atoms with E-state index in [1.807, 2.05) is 0 Å². The fourth-order valence-electron chi connectivity index (χ4n) is 1.65. The van der Waals surface area contributed by atoms with E-state index in [9.17, 15) is 14.7 Å². The first-order valence-corrected chi connectivity index (χ1v) is 6.16. The molecule has 0 saturated heterocycles. The summed E-state index contributed by atoms with van der Waals surface area (Å²) in [5, 5.41) is 10.3. The number of aliphatic hydroxyl groups is 1. The van der Waals surface area contributed by atoms with Crippen LogP contribution in [0.15, 0.2) is 40.1 Å². The van der Waals surface area contributed by atoms with Crippen LogP contribution in [0.3, 0.4) is 0 Å². The quantitative estimate of drug-likeness (QED) is 0.903. The minimum atomic E-state index is -0.978. The Morgan fingerprint density at radius 2 is 1.89 bits per heavy atom. The Morgan fingerprint density at radius 3 is 2.58 bits per heavy atom. The van der Waals surface area contributed by atoms with Gasteiger partial charge in [-0.25, -0.2) is 4.79 Å². The van der Waals surface area contributed by atoms with Crippen molar-refractivity contribution in [3.05, 3.63) is 66.9 Å². The van der Waals surface area contributed by atoms with Crippen LogP contribution in [0, 0.1) is 0 Å². The number of aliphatic hydroxyl groups excluding tert-OH is 1. The summed E-state index contributed by atoms with van der Waals surface area (Å²) in [6, 6.07) is 6.77. The summed E-state index contributed by atoms with van der Waals surface area (Å²) in [5.74, 6) is 0. The molecule has 0 aliphatic rings. The molecule has 7 heteroatoms. The number of H-pyrrole nitrogens is 1. The molecule has 19 heavy (non-hydrogen) atoms. The highest BCUT2D eigenvalue weighted by atomic mass is 35.5. The lowest BCUT2D eigenvalue weighted by molar-refractivity contribution is 0.154. The Kier molecular flexibility index (Phi) is 4.09. The summed E-state index contributed by atoms with van der Waals surface area (Å²) in [4.78, 5) is 24.7. The Morgan fingerprint density at radius 1 is 1.21 bits per heavy atom. The van der Waals surface area contributed by atoms with Crippen LogP contribution in [-0.4, -0.2) is 14.7 Å². The summed E-state index contributed by atoms with van der Waals surface area (Å²) < 4.78 is 1.12. The van der Waals surface area contributed by atoms with Crippen molar-refractivity contribution >= 4 is 23.2 Å². The van der Waals surface area contributed by atoms with Gasteiger partial charge >= 0.3 is 5.69 Å². The number of benzene rings is 1. The van der Waals surface area contributed by atoms with Crippen LogP contribution in [0.2, 0.25) is 10.0 Å². The van der Waals surface area contributed by atoms with E-state index in [1.165, 1.54) is 6.20 Å². The molecule has 2 N–H and O–H groups in total. The van der Waals surface area contributed by atoms with E-state index in [0.29, 0.717) is 10.6 Å². The highest BCUT2D eigenvalue weighted by molar-refractivity contribution is 6.31. The van der Waals surface area contributed by atoms with Crippen LogP contribution in [0.1, 0.15) is 11.7 Å². The predicted octanol–water partition coefficient (Wildman–Crippen LogP) is 1.58. The van der Waals surface area contributed by atoms with Crippen molar-refractivity contribution in [2.45, 2.75) is 12.6 Å². The molecule has 2 aromatic rings. The predicted molar refractivity (Wildman–Crippen MR) is 72.7 cm³/mol. The van der Waals surface area contributed by atoms with E-state index in [4.69, 9.17) is 23.2 Å². The second kappa shape index (κ2) is 5.61. The van der Waals surface area contributed by atoms with Crippen molar-refractivity contribution in [3.63, 3.8) is 0 Å². The second-order valence-corrected chi connectivity index (χ2v) is 4.74. The standard InChI is InChI=1S/C12H10Cl2N2O3/c13-8-4-2-1-3-7(8)10(17)6-16-5-9(14)11(18)15-12(16)19/h1-5,10,17H,6H2,(H,15,18,19)/t10-/m1/s1. The van der Waals surface area contributed by atoms with Gasteiger partial charge in [-0.2, -0.15) is 0 Å². The van der Waals surface area contributed by atoms with Gasteiger partial charge in [-0.3, -0.25) is 14.3 Å². The number of hydrogen-bond acceptors (Lipinski definition) is 3. The van der Waals surface area contributed by atoms with Crippen LogP contribution in [0.25, 0.3) is 0 Å². The zero-order chi connectivity index (χ0) is 14.0. The third-order valence-corrected chi connectivity index (χ3v) is 3.21. The first-order chi connectivity index (χ1) is 8.99. The molecule has 100 valence electrons. The van der Waals surface area contributed by atoms with Gasteiger partial charge in [-0.15, -0.1) is 0 Å². The van der Waals surface area contributed by atoms with Crippen molar-refractivity contribution in [3.8, 4) is 0 Å². The summed E-state index contributed by atoms with van der Waals surface area (Å²) in [6.45, 7) is -0.0565. The van der Waals surface area contributed by atoms with E-state index in [-0.39, 0.29) is 11.6 Å². The first kappa shape index (κ1) is 13.9. The largest absolute Gasteiger partial charge is 0.386 e. The van der Waals surface area contributed by atoms with Gasteiger partial charge in [0, 0.05) is 16.8 Å². The van der Waals surface area contributed by atoms with Crippen LogP contribution >= 0.6 is 23.2 Å². The molecule has 5 nitrogen and oxygen atoms in total. The Hall–Kier alpha value is -1.56. The second-order valence-electron chi connectivity index (χ2n) is 3.93. The average Bonchev–Trinajstić information content (AvgIpc) is 2.36. The van der Waals surface area contributed by atoms with Gasteiger partial charge in [-0.05, 0) is 6.07 Å². The van der Waals surface area contributed by atoms with E-state index in [0.717, 1.165) is 4.57 Å². The lowest BCUT2D eigenvalue weighted by atomic mass is 10.1. The maximum Gasteiger partial charge on any atom is 0.328 e. The molecule has 0 aliphatic carbocycles. The fourth-order valence-corrected chi connectivity index (χ4v) is 2.08. The molecule has 1 heterocycles. The van der Waals surface area contributed by atoms with Gasteiger partial charge in [0.15, 0.2) is 0 Å². The summed E-state index contributed by atoms with van der Waals surface area (Å²) in [6.07, 6.45) is 0.205. The zero-order valence-electron chi connectivity index (χ0n) is 9.64. The van der Waals surface area contributed by atoms with Crippen molar-refractivity contribution < 1.29 is 5.11 Å². The van der Waals surface area contributed by atoms with Gasteiger partial charge < -0.3 is 5.11 Å². The van der Waals surface area contributed by atoms with Gasteiger partial charge in [0.1, 0.15) is 5.02 Å². The van der Waals surface area contributed by atoms with Gasteiger partial charge in [0.25, 0.3) is 5.56 Å². The average molecular weight is 301 g/mol. The molecule has 0 radical (unpaired) electrons. The monoisotopic (exact) mass is 300 g/mol. The molecular formula is C12H10Cl2N2O3. The molecular weight excluding hydrogens is 291 g/mol. The third kappa shape index (κ3) is 3.07. The third-order valence-electron chi connectivity index (χ3n) is 2.60. The van der Waals surface area contributed by atoms with E-state index < -0.39 is 17.4 Å². The van der Waals surface area contributed by atoms with Gasteiger partial charge in [0.2, 0.25) is 0 Å². The zero-order valence-corrected chi connectivity index (χ0v) is 11.1. The number of halogens is 2. The van der Waals surface area contributed by atoms with Crippen LogP contribution in [0.5, 0.6) is 0 Å². The maximum atomic E-state index is 11.5. The lowest BCUT2D eigenvalue weighted by Gasteiger charge is -2.14. The van der Waals surface area contributed by atoms with Crippen molar-refractivity contribution in [2.75, 3.05) is 0 Å². The highest BCUT2D eigenvalue weighted by Crippen LogP contribution is 2.23. The topological polar surface area (TPSA) is 75.1 Å². The van der Waals surface area contributed by atoms with E-state index in [2.05, 4.69) is 4.98 Å². The van der Waals surface area contributed by atoms with Crippen LogP contribution in [-0.2, 0) is 6.54 Å². The summed E-state index contributed by atoms with van der Waals surface area (Å²) in [7, 11) is 0. The van der Waals surface area contributed by atoms with Crippen LogP contribution in [0.4, 0.5) is 0 Å². The van der Waals surface area contributed by atoms with E-state index >= 15 is 0 Å². The van der Waals surface area contributed by atoms with Gasteiger partial charge in [0.05, 0.1) is 12.6 Å². The lowest BCUT2D eigenvalue weighted by Crippen LogP contribution is -2.31. The summed E-state index contributed by atoms with van der Waals surface area (Å²) >= 11 is 11.6. The molecule has 1 atom stereocenters. The molecule has 0 bridgehead atoms. The van der Waals surface area contributed by atoms with Crippen LogP contribution < -0.4 is 11.2 Å². The normalized spacial score (nSPS) is 12.4. The highest BCUT2D eigenvalue weighted by Gasteiger charge is 2.13. The minimum Gasteiger partial charge on any atom is -0.386 e. The molecule has 2 rings (SSSR count). The number of nitrogens with zero attached hydrogens (tertiary/aromatic N) is 1. The number of nitrogens with one attached hydrogen (secondary N) is 1. The van der Waals surface area contributed by atoms with Crippen molar-refractivity contribution in [2.24, 2.45) is 0 Å². The molecule has 0 saturated carbocycles. The van der Waals surface area contributed by atoms with E-state index in [1.54, 1.807) is 24.3 Å². The summed E-state index contributed by atoms with van der Waals surface area (Å²) in [5.41, 5.74) is -0.797. The number of hydrogen-bond donors (Lipinski definition) is 2.